The van der Waals surface area contributed by atoms with Gasteiger partial charge in [0.25, 0.3) is 0 Å². The Balaban J connectivity index is 0.00000280. The van der Waals surface area contributed by atoms with Gasteiger partial charge in [0.15, 0.2) is 5.82 Å². The van der Waals surface area contributed by atoms with Crippen molar-refractivity contribution >= 4 is 28.1 Å². The van der Waals surface area contributed by atoms with E-state index in [4.69, 9.17) is 4.52 Å². The van der Waals surface area contributed by atoms with E-state index in [1.54, 1.807) is 0 Å². The maximum Gasteiger partial charge on any atom is 0.243 e. The zero-order valence-electron chi connectivity index (χ0n) is 16.5. The fraction of sp³-hybridized carbons (Fsp3) is 0.556. The van der Waals surface area contributed by atoms with Gasteiger partial charge in [-0.1, -0.05) is 17.3 Å². The molecule has 0 spiro atoms. The van der Waals surface area contributed by atoms with Crippen molar-refractivity contribution in [3.63, 3.8) is 0 Å². The number of benzene rings is 1. The van der Waals surface area contributed by atoms with Crippen LogP contribution in [0.5, 0.6) is 0 Å². The molecule has 0 aliphatic carbocycles. The van der Waals surface area contributed by atoms with Crippen molar-refractivity contribution in [3.05, 3.63) is 41.5 Å². The van der Waals surface area contributed by atoms with E-state index >= 15 is 0 Å². The number of anilines is 1. The number of nitrogens with zero attached hydrogens (tertiary/aromatic N) is 4. The quantitative estimate of drug-likeness (QED) is 0.714. The third-order valence-electron chi connectivity index (χ3n) is 4.80. The average Bonchev–Trinajstić information content (AvgIpc) is 3.07. The van der Waals surface area contributed by atoms with Gasteiger partial charge in [0.05, 0.1) is 0 Å². The van der Waals surface area contributed by atoms with Crippen LogP contribution in [0.4, 0.5) is 5.69 Å². The van der Waals surface area contributed by atoms with Crippen LogP contribution in [0.3, 0.4) is 0 Å². The van der Waals surface area contributed by atoms with Gasteiger partial charge < -0.3 is 14.7 Å². The minimum atomic E-state index is -3.48. The molecular formula is C18H28ClN5O3S. The number of likely N-dealkylation sites (N-methyl/N-ethyl adjacent to an activating group) is 1. The molecule has 1 N–H and O–H groups in total. The molecule has 0 amide bonds. The van der Waals surface area contributed by atoms with Crippen LogP contribution in [0.25, 0.3) is 0 Å². The molecule has 1 aliphatic rings. The van der Waals surface area contributed by atoms with E-state index in [0.717, 1.165) is 5.69 Å². The third kappa shape index (κ3) is 5.66. The molecule has 10 heteroatoms. The van der Waals surface area contributed by atoms with E-state index in [9.17, 15) is 8.42 Å². The molecule has 0 saturated carbocycles. The Labute approximate surface area is 172 Å². The number of aromatic nitrogens is 2. The van der Waals surface area contributed by atoms with Gasteiger partial charge >= 0.3 is 0 Å². The number of rotatable bonds is 7. The molecule has 1 atom stereocenters. The van der Waals surface area contributed by atoms with E-state index in [2.05, 4.69) is 45.5 Å². The van der Waals surface area contributed by atoms with E-state index in [1.807, 2.05) is 20.0 Å². The number of nitrogens with one attached hydrogen (secondary N) is 1. The van der Waals surface area contributed by atoms with Crippen LogP contribution in [0.2, 0.25) is 0 Å². The molecule has 28 heavy (non-hydrogen) atoms. The summed E-state index contributed by atoms with van der Waals surface area (Å²) < 4.78 is 32.1. The molecule has 2 aromatic rings. The summed E-state index contributed by atoms with van der Waals surface area (Å²) in [6.45, 7) is 6.29. The van der Waals surface area contributed by atoms with Crippen LogP contribution < -0.4 is 10.2 Å². The Morgan fingerprint density at radius 1 is 1.25 bits per heavy atom. The van der Waals surface area contributed by atoms with Crippen molar-refractivity contribution in [1.82, 2.24) is 19.8 Å². The number of piperazine rings is 1. The molecule has 8 nitrogen and oxygen atoms in total. The fourth-order valence-corrected chi connectivity index (χ4v) is 4.44. The van der Waals surface area contributed by atoms with Crippen molar-refractivity contribution in [2.75, 3.05) is 38.1 Å². The van der Waals surface area contributed by atoms with Crippen molar-refractivity contribution in [2.24, 2.45) is 0 Å². The number of hydrogen-bond donors (Lipinski definition) is 1. The first-order valence-electron chi connectivity index (χ1n) is 9.15. The van der Waals surface area contributed by atoms with Gasteiger partial charge in [-0.15, -0.1) is 12.4 Å². The van der Waals surface area contributed by atoms with E-state index in [1.165, 1.54) is 9.87 Å². The standard InChI is InChI=1S/C18H27N5O3S.ClH/c1-14-5-4-6-16(11-14)22-7-9-23(10-8-22)27(24,25)13-18-20-17(21-26-18)12-15(2)19-3;/h4-6,11,15,19H,7-10,12-13H2,1-3H3;1H. The predicted molar refractivity (Wildman–Crippen MR) is 111 cm³/mol. The lowest BCUT2D eigenvalue weighted by atomic mass is 10.2. The van der Waals surface area contributed by atoms with Gasteiger partial charge in [0, 0.05) is 44.3 Å². The van der Waals surface area contributed by atoms with Crippen LogP contribution >= 0.6 is 12.4 Å². The highest BCUT2D eigenvalue weighted by atomic mass is 35.5. The summed E-state index contributed by atoms with van der Waals surface area (Å²) in [5.41, 5.74) is 2.33. The van der Waals surface area contributed by atoms with Crippen molar-refractivity contribution in [3.8, 4) is 0 Å². The number of aryl methyl sites for hydroxylation is 1. The molecular weight excluding hydrogens is 402 g/mol. The van der Waals surface area contributed by atoms with Gasteiger partial charge in [-0.25, -0.2) is 8.42 Å². The maximum absolute atomic E-state index is 12.7. The zero-order chi connectivity index (χ0) is 19.4. The van der Waals surface area contributed by atoms with Gasteiger partial charge in [-0.2, -0.15) is 9.29 Å². The molecule has 0 bridgehead atoms. The van der Waals surface area contributed by atoms with Crippen LogP contribution in [-0.4, -0.2) is 62.1 Å². The minimum absolute atomic E-state index is 0. The maximum atomic E-state index is 12.7. The minimum Gasteiger partial charge on any atom is -0.369 e. The Morgan fingerprint density at radius 2 is 1.96 bits per heavy atom. The smallest absolute Gasteiger partial charge is 0.243 e. The van der Waals surface area contributed by atoms with Crippen LogP contribution in [0.1, 0.15) is 24.2 Å². The summed E-state index contributed by atoms with van der Waals surface area (Å²) in [4.78, 5) is 6.43. The van der Waals surface area contributed by atoms with Gasteiger partial charge in [0.1, 0.15) is 5.75 Å². The van der Waals surface area contributed by atoms with Gasteiger partial charge in [-0.3, -0.25) is 0 Å². The second-order valence-corrected chi connectivity index (χ2v) is 8.95. The summed E-state index contributed by atoms with van der Waals surface area (Å²) in [7, 11) is -1.62. The lowest BCUT2D eigenvalue weighted by Gasteiger charge is -2.35. The SMILES string of the molecule is CNC(C)Cc1noc(CS(=O)(=O)N2CCN(c3cccc(C)c3)CC2)n1.Cl. The Bertz CT molecular complexity index is 866. The van der Waals surface area contributed by atoms with Crippen molar-refractivity contribution in [2.45, 2.75) is 32.1 Å². The van der Waals surface area contributed by atoms with Crippen molar-refractivity contribution < 1.29 is 12.9 Å². The average molecular weight is 430 g/mol. The fourth-order valence-electron chi connectivity index (χ4n) is 3.10. The summed E-state index contributed by atoms with van der Waals surface area (Å²) >= 11 is 0. The van der Waals surface area contributed by atoms with Gasteiger partial charge in [0.2, 0.25) is 15.9 Å². The number of sulfonamides is 1. The summed E-state index contributed by atoms with van der Waals surface area (Å²) in [5, 5.41) is 6.97. The Hall–Kier alpha value is -1.68. The molecule has 0 radical (unpaired) electrons. The first-order valence-corrected chi connectivity index (χ1v) is 10.8. The molecule has 1 unspecified atom stereocenters. The molecule has 1 aromatic carbocycles. The number of hydrogen-bond acceptors (Lipinski definition) is 7. The predicted octanol–water partition coefficient (Wildman–Crippen LogP) is 1.60. The highest BCUT2D eigenvalue weighted by Gasteiger charge is 2.29. The zero-order valence-corrected chi connectivity index (χ0v) is 18.1. The second kappa shape index (κ2) is 9.69. The van der Waals surface area contributed by atoms with Crippen LogP contribution in [0.15, 0.2) is 28.8 Å². The molecule has 1 aliphatic heterocycles. The van der Waals surface area contributed by atoms with Crippen LogP contribution in [-0.2, 0) is 22.2 Å². The number of halogens is 1. The summed E-state index contributed by atoms with van der Waals surface area (Å²) in [6.07, 6.45) is 0.592. The highest BCUT2D eigenvalue weighted by Crippen LogP contribution is 2.20. The van der Waals surface area contributed by atoms with E-state index in [-0.39, 0.29) is 30.1 Å². The highest BCUT2D eigenvalue weighted by molar-refractivity contribution is 7.88. The molecule has 1 aromatic heterocycles. The van der Waals surface area contributed by atoms with E-state index in [0.29, 0.717) is 38.4 Å². The second-order valence-electron chi connectivity index (χ2n) is 6.98. The molecule has 1 fully saturated rings. The lowest BCUT2D eigenvalue weighted by molar-refractivity contribution is 0.363. The largest absolute Gasteiger partial charge is 0.369 e. The van der Waals surface area contributed by atoms with Gasteiger partial charge in [-0.05, 0) is 38.6 Å². The Kier molecular flexibility index (Phi) is 7.82. The first-order chi connectivity index (χ1) is 12.9. The summed E-state index contributed by atoms with van der Waals surface area (Å²) in [5.74, 6) is 0.416. The first kappa shape index (κ1) is 22.6. The Morgan fingerprint density at radius 3 is 2.61 bits per heavy atom. The third-order valence-corrected chi connectivity index (χ3v) is 6.56. The molecule has 156 valence electrons. The topological polar surface area (TPSA) is 91.6 Å². The molecule has 3 rings (SSSR count). The van der Waals surface area contributed by atoms with E-state index < -0.39 is 10.0 Å². The molecule has 1 saturated heterocycles. The van der Waals surface area contributed by atoms with Crippen molar-refractivity contribution in [1.29, 1.82) is 0 Å². The molecule has 2 heterocycles. The van der Waals surface area contributed by atoms with Crippen LogP contribution in [0, 0.1) is 6.92 Å². The monoisotopic (exact) mass is 429 g/mol. The summed E-state index contributed by atoms with van der Waals surface area (Å²) in [6, 6.07) is 8.46. The lowest BCUT2D eigenvalue weighted by Crippen LogP contribution is -2.49. The normalized spacial score (nSPS) is 16.6.